The predicted octanol–water partition coefficient (Wildman–Crippen LogP) is 2.09. The largest absolute Gasteiger partial charge is 0.497 e. The highest BCUT2D eigenvalue weighted by Crippen LogP contribution is 2.26. The lowest BCUT2D eigenvalue weighted by Crippen LogP contribution is -2.40. The van der Waals surface area contributed by atoms with Crippen LogP contribution >= 0.6 is 0 Å². The first-order chi connectivity index (χ1) is 14.5. The fourth-order valence-corrected chi connectivity index (χ4v) is 3.67. The number of nitrogens with zero attached hydrogens (tertiary/aromatic N) is 4. The Morgan fingerprint density at radius 2 is 2.03 bits per heavy atom. The first-order valence-electron chi connectivity index (χ1n) is 10.3. The van der Waals surface area contributed by atoms with Crippen LogP contribution < -0.4 is 20.3 Å². The van der Waals surface area contributed by atoms with Crippen LogP contribution in [-0.4, -0.2) is 68.7 Å². The maximum atomic E-state index is 12.5. The molecule has 1 aromatic carbocycles. The molecular formula is C22H32N6O2. The molecule has 1 aromatic heterocycles. The molecule has 0 radical (unpaired) electrons. The lowest BCUT2D eigenvalue weighted by Gasteiger charge is -2.31. The van der Waals surface area contributed by atoms with Gasteiger partial charge >= 0.3 is 0 Å². The van der Waals surface area contributed by atoms with Crippen LogP contribution in [0.25, 0.3) is 0 Å². The minimum atomic E-state index is -0.0142. The summed E-state index contributed by atoms with van der Waals surface area (Å²) in [6.45, 7) is 2.76. The van der Waals surface area contributed by atoms with Crippen LogP contribution in [0.15, 0.2) is 30.3 Å². The third-order valence-electron chi connectivity index (χ3n) is 5.21. The van der Waals surface area contributed by atoms with Crippen LogP contribution in [0.4, 0.5) is 11.5 Å². The molecule has 1 fully saturated rings. The van der Waals surface area contributed by atoms with Crippen molar-refractivity contribution in [3.05, 3.63) is 41.9 Å². The Hall–Kier alpha value is -2.71. The number of likely N-dealkylation sites (tertiary alicyclic amines) is 1. The summed E-state index contributed by atoms with van der Waals surface area (Å²) in [6, 6.07) is 9.39. The third-order valence-corrected chi connectivity index (χ3v) is 5.21. The number of carbonyl (C=O) groups excluding carboxylic acids is 1. The zero-order valence-corrected chi connectivity index (χ0v) is 18.3. The summed E-state index contributed by atoms with van der Waals surface area (Å²) in [6.07, 6.45) is 2.06. The Kier molecular flexibility index (Phi) is 7.59. The SMILES string of the molecule is CNCc1cc(N(C)C)nc(C2CCCN(CC(=O)Nc3ccc(OC)cc3)C2)n1. The molecule has 8 nitrogen and oxygen atoms in total. The van der Waals surface area contributed by atoms with Crippen LogP contribution in [0.3, 0.4) is 0 Å². The highest BCUT2D eigenvalue weighted by atomic mass is 16.5. The van der Waals surface area contributed by atoms with E-state index >= 15 is 0 Å². The first kappa shape index (κ1) is 22.0. The average molecular weight is 413 g/mol. The summed E-state index contributed by atoms with van der Waals surface area (Å²) < 4.78 is 5.16. The number of anilines is 2. The third kappa shape index (κ3) is 5.90. The molecule has 3 rings (SSSR count). The van der Waals surface area contributed by atoms with Crippen molar-refractivity contribution >= 4 is 17.4 Å². The summed E-state index contributed by atoms with van der Waals surface area (Å²) in [5, 5.41) is 6.13. The maximum absolute atomic E-state index is 12.5. The number of amides is 1. The van der Waals surface area contributed by atoms with Gasteiger partial charge in [-0.2, -0.15) is 0 Å². The number of benzene rings is 1. The molecular weight excluding hydrogens is 380 g/mol. The Labute approximate surface area is 178 Å². The van der Waals surface area contributed by atoms with Crippen molar-refractivity contribution in [3.8, 4) is 5.75 Å². The van der Waals surface area contributed by atoms with E-state index in [4.69, 9.17) is 14.7 Å². The summed E-state index contributed by atoms with van der Waals surface area (Å²) in [7, 11) is 7.53. The molecule has 1 aliphatic rings. The monoisotopic (exact) mass is 412 g/mol. The molecule has 1 saturated heterocycles. The van der Waals surface area contributed by atoms with Gasteiger partial charge in [0.15, 0.2) is 0 Å². The normalized spacial score (nSPS) is 16.9. The van der Waals surface area contributed by atoms with Gasteiger partial charge in [0.05, 0.1) is 19.3 Å². The molecule has 0 bridgehead atoms. The van der Waals surface area contributed by atoms with Crippen LogP contribution in [0.1, 0.15) is 30.3 Å². The van der Waals surface area contributed by atoms with Crippen LogP contribution in [0.2, 0.25) is 0 Å². The van der Waals surface area contributed by atoms with Gasteiger partial charge in [-0.25, -0.2) is 9.97 Å². The molecule has 2 heterocycles. The number of methoxy groups -OCH3 is 1. The van der Waals surface area contributed by atoms with Gasteiger partial charge in [0.25, 0.3) is 0 Å². The highest BCUT2D eigenvalue weighted by molar-refractivity contribution is 5.92. The topological polar surface area (TPSA) is 82.6 Å². The van der Waals surface area contributed by atoms with Gasteiger partial charge in [-0.05, 0) is 50.7 Å². The zero-order valence-electron chi connectivity index (χ0n) is 18.3. The summed E-state index contributed by atoms with van der Waals surface area (Å²) >= 11 is 0. The molecule has 1 atom stereocenters. The highest BCUT2D eigenvalue weighted by Gasteiger charge is 2.25. The Morgan fingerprint density at radius 1 is 1.27 bits per heavy atom. The minimum absolute atomic E-state index is 0.0142. The lowest BCUT2D eigenvalue weighted by molar-refractivity contribution is -0.117. The average Bonchev–Trinajstić information content (AvgIpc) is 2.74. The minimum Gasteiger partial charge on any atom is -0.497 e. The molecule has 2 aromatic rings. The van der Waals surface area contributed by atoms with E-state index in [2.05, 4.69) is 15.5 Å². The molecule has 1 unspecified atom stereocenters. The van der Waals surface area contributed by atoms with Gasteiger partial charge in [0.1, 0.15) is 17.4 Å². The molecule has 30 heavy (non-hydrogen) atoms. The smallest absolute Gasteiger partial charge is 0.238 e. The molecule has 0 saturated carbocycles. The lowest BCUT2D eigenvalue weighted by atomic mass is 9.97. The van der Waals surface area contributed by atoms with E-state index in [0.29, 0.717) is 13.1 Å². The van der Waals surface area contributed by atoms with Crippen molar-refractivity contribution in [1.82, 2.24) is 20.2 Å². The number of nitrogens with one attached hydrogen (secondary N) is 2. The van der Waals surface area contributed by atoms with Gasteiger partial charge in [-0.1, -0.05) is 0 Å². The second kappa shape index (κ2) is 10.4. The van der Waals surface area contributed by atoms with E-state index in [9.17, 15) is 4.79 Å². The standard InChI is InChI=1S/C22H32N6O2/c1-23-13-18-12-20(27(2)3)26-22(25-18)16-6-5-11-28(14-16)15-21(29)24-17-7-9-19(30-4)10-8-17/h7-10,12,16,23H,5-6,11,13-15H2,1-4H3,(H,24,29). The van der Waals surface area contributed by atoms with E-state index in [1.807, 2.05) is 56.4 Å². The zero-order chi connectivity index (χ0) is 21.5. The number of ether oxygens (including phenoxy) is 1. The van der Waals surface area contributed by atoms with Crippen LogP contribution in [0, 0.1) is 0 Å². The summed E-state index contributed by atoms with van der Waals surface area (Å²) in [5.74, 6) is 2.76. The van der Waals surface area contributed by atoms with Gasteiger partial charge in [-0.15, -0.1) is 0 Å². The molecule has 162 valence electrons. The second-order valence-corrected chi connectivity index (χ2v) is 7.85. The van der Waals surface area contributed by atoms with Crippen molar-refractivity contribution in [3.63, 3.8) is 0 Å². The van der Waals surface area contributed by atoms with E-state index in [-0.39, 0.29) is 11.8 Å². The van der Waals surface area contributed by atoms with E-state index < -0.39 is 0 Å². The van der Waals surface area contributed by atoms with Gasteiger partial charge in [-0.3, -0.25) is 9.69 Å². The second-order valence-electron chi connectivity index (χ2n) is 7.85. The summed E-state index contributed by atoms with van der Waals surface area (Å²) in [5.41, 5.74) is 1.76. The van der Waals surface area contributed by atoms with Crippen molar-refractivity contribution in [2.45, 2.75) is 25.3 Å². The van der Waals surface area contributed by atoms with E-state index in [1.54, 1.807) is 7.11 Å². The molecule has 0 aliphatic carbocycles. The van der Waals surface area contributed by atoms with Crippen molar-refractivity contribution in [2.75, 3.05) is 58.1 Å². The van der Waals surface area contributed by atoms with E-state index in [0.717, 1.165) is 54.7 Å². The van der Waals surface area contributed by atoms with E-state index in [1.165, 1.54) is 0 Å². The molecule has 0 spiro atoms. The van der Waals surface area contributed by atoms with Crippen LogP contribution in [-0.2, 0) is 11.3 Å². The number of rotatable bonds is 8. The Bertz CT molecular complexity index is 840. The summed E-state index contributed by atoms with van der Waals surface area (Å²) in [4.78, 5) is 26.3. The predicted molar refractivity (Wildman–Crippen MR) is 119 cm³/mol. The van der Waals surface area contributed by atoms with Gasteiger partial charge in [0.2, 0.25) is 5.91 Å². The number of hydrogen-bond donors (Lipinski definition) is 2. The van der Waals surface area contributed by atoms with Crippen molar-refractivity contribution in [2.24, 2.45) is 0 Å². The molecule has 2 N–H and O–H groups in total. The maximum Gasteiger partial charge on any atom is 0.238 e. The first-order valence-corrected chi connectivity index (χ1v) is 10.3. The van der Waals surface area contributed by atoms with Crippen LogP contribution in [0.5, 0.6) is 5.75 Å². The molecule has 1 aliphatic heterocycles. The Morgan fingerprint density at radius 3 is 2.70 bits per heavy atom. The quantitative estimate of drug-likeness (QED) is 0.687. The van der Waals surface area contributed by atoms with Gasteiger partial charge in [0, 0.05) is 44.9 Å². The molecule has 8 heteroatoms. The number of piperidine rings is 1. The number of aromatic nitrogens is 2. The Balaban J connectivity index is 1.63. The van der Waals surface area contributed by atoms with Crippen molar-refractivity contribution < 1.29 is 9.53 Å². The number of hydrogen-bond acceptors (Lipinski definition) is 7. The van der Waals surface area contributed by atoms with Gasteiger partial charge < -0.3 is 20.3 Å². The molecule has 1 amide bonds. The fraction of sp³-hybridized carbons (Fsp3) is 0.500. The van der Waals surface area contributed by atoms with Crippen molar-refractivity contribution in [1.29, 1.82) is 0 Å². The fourth-order valence-electron chi connectivity index (χ4n) is 3.67. The number of carbonyl (C=O) groups is 1.